The van der Waals surface area contributed by atoms with Crippen molar-refractivity contribution in [3.63, 3.8) is 0 Å². The number of hydrogen-bond donors (Lipinski definition) is 0. The third-order valence-electron chi connectivity index (χ3n) is 4.72. The minimum Gasteiger partial charge on any atom is -0.457 e. The van der Waals surface area contributed by atoms with Gasteiger partial charge in [-0.15, -0.1) is 0 Å². The highest BCUT2D eigenvalue weighted by atomic mass is 16.6. The highest BCUT2D eigenvalue weighted by Gasteiger charge is 2.16. The van der Waals surface area contributed by atoms with Crippen molar-refractivity contribution in [3.8, 4) is 0 Å². The summed E-state index contributed by atoms with van der Waals surface area (Å²) in [7, 11) is 0. The molecule has 0 bridgehead atoms. The number of aryl methyl sites for hydroxylation is 2. The van der Waals surface area contributed by atoms with Crippen LogP contribution in [0.15, 0.2) is 51.7 Å². The average molecular weight is 365 g/mol. The van der Waals surface area contributed by atoms with E-state index in [0.29, 0.717) is 11.1 Å². The van der Waals surface area contributed by atoms with Crippen LogP contribution in [0.2, 0.25) is 0 Å². The molecule has 1 heterocycles. The van der Waals surface area contributed by atoms with Gasteiger partial charge in [0.2, 0.25) is 0 Å². The van der Waals surface area contributed by atoms with Crippen molar-refractivity contribution in [1.82, 2.24) is 0 Å². The molecule has 0 fully saturated rings. The number of nitro benzene ring substituents is 1. The summed E-state index contributed by atoms with van der Waals surface area (Å²) < 4.78 is 10.6. The summed E-state index contributed by atoms with van der Waals surface area (Å²) in [5.41, 5.74) is 3.07. The molecule has 4 rings (SSSR count). The fourth-order valence-corrected chi connectivity index (χ4v) is 3.36. The van der Waals surface area contributed by atoms with E-state index < -0.39 is 16.5 Å². The molecule has 0 saturated heterocycles. The van der Waals surface area contributed by atoms with Gasteiger partial charge in [-0.3, -0.25) is 10.1 Å². The molecule has 136 valence electrons. The van der Waals surface area contributed by atoms with E-state index >= 15 is 0 Å². The molecule has 3 aromatic rings. The fraction of sp³-hybridized carbons (Fsp3) is 0.200. The molecule has 1 aliphatic rings. The molecule has 0 amide bonds. The van der Waals surface area contributed by atoms with Gasteiger partial charge >= 0.3 is 11.6 Å². The first-order chi connectivity index (χ1) is 13.0. The molecular weight excluding hydrogens is 350 g/mol. The molecular formula is C20H15NO6. The lowest BCUT2D eigenvalue weighted by atomic mass is 10.0. The Morgan fingerprint density at radius 2 is 1.81 bits per heavy atom. The van der Waals surface area contributed by atoms with E-state index in [0.717, 1.165) is 24.6 Å². The molecule has 0 unspecified atom stereocenters. The Morgan fingerprint density at radius 1 is 1.11 bits per heavy atom. The number of non-ortho nitro benzene ring substituents is 1. The Labute approximate surface area is 153 Å². The minimum absolute atomic E-state index is 0.0866. The summed E-state index contributed by atoms with van der Waals surface area (Å²) in [6, 6.07) is 10.4. The van der Waals surface area contributed by atoms with E-state index in [-0.39, 0.29) is 17.9 Å². The molecule has 0 saturated carbocycles. The third kappa shape index (κ3) is 3.31. The van der Waals surface area contributed by atoms with Crippen molar-refractivity contribution in [2.24, 2.45) is 0 Å². The van der Waals surface area contributed by atoms with Crippen molar-refractivity contribution in [1.29, 1.82) is 0 Å². The van der Waals surface area contributed by atoms with Crippen LogP contribution < -0.4 is 5.63 Å². The molecule has 0 N–H and O–H groups in total. The van der Waals surface area contributed by atoms with Crippen molar-refractivity contribution in [2.45, 2.75) is 25.9 Å². The maximum absolute atomic E-state index is 12.2. The standard InChI is InChI=1S/C20H15NO6/c22-19-10-15(17-8-13-2-1-3-14(13)9-18(17)27-19)11-26-20(23)12-4-6-16(7-5-12)21(24)25/h4-10H,1-3,11H2. The maximum atomic E-state index is 12.2. The van der Waals surface area contributed by atoms with E-state index in [1.54, 1.807) is 0 Å². The van der Waals surface area contributed by atoms with Gasteiger partial charge in [0.15, 0.2) is 0 Å². The first-order valence-electron chi connectivity index (χ1n) is 8.51. The molecule has 7 nitrogen and oxygen atoms in total. The number of ether oxygens (including phenoxy) is 1. The highest BCUT2D eigenvalue weighted by molar-refractivity contribution is 5.90. The van der Waals surface area contributed by atoms with E-state index in [1.165, 1.54) is 41.5 Å². The van der Waals surface area contributed by atoms with Gasteiger partial charge in [-0.2, -0.15) is 0 Å². The van der Waals surface area contributed by atoms with Gasteiger partial charge in [0.25, 0.3) is 5.69 Å². The van der Waals surface area contributed by atoms with Crippen LogP contribution in [0.1, 0.15) is 33.5 Å². The van der Waals surface area contributed by atoms with Gasteiger partial charge in [0.05, 0.1) is 10.5 Å². The van der Waals surface area contributed by atoms with Crippen molar-refractivity contribution < 1.29 is 18.9 Å². The van der Waals surface area contributed by atoms with E-state index in [9.17, 15) is 19.7 Å². The zero-order valence-corrected chi connectivity index (χ0v) is 14.3. The quantitative estimate of drug-likeness (QED) is 0.303. The number of nitrogens with zero attached hydrogens (tertiary/aromatic N) is 1. The monoisotopic (exact) mass is 365 g/mol. The largest absolute Gasteiger partial charge is 0.457 e. The molecule has 27 heavy (non-hydrogen) atoms. The highest BCUT2D eigenvalue weighted by Crippen LogP contribution is 2.28. The van der Waals surface area contributed by atoms with Crippen LogP contribution >= 0.6 is 0 Å². The second-order valence-electron chi connectivity index (χ2n) is 6.44. The number of benzene rings is 2. The molecule has 0 spiro atoms. The number of esters is 1. The summed E-state index contributed by atoms with van der Waals surface area (Å²) in [6.07, 6.45) is 3.01. The number of rotatable bonds is 4. The van der Waals surface area contributed by atoms with Gasteiger partial charge in [0.1, 0.15) is 12.2 Å². The van der Waals surface area contributed by atoms with Crippen LogP contribution in [0, 0.1) is 10.1 Å². The Kier molecular flexibility index (Phi) is 4.19. The summed E-state index contributed by atoms with van der Waals surface area (Å²) in [5, 5.41) is 11.4. The topological polar surface area (TPSA) is 99.7 Å². The Morgan fingerprint density at radius 3 is 2.52 bits per heavy atom. The Bertz CT molecular complexity index is 1110. The van der Waals surface area contributed by atoms with Gasteiger partial charge in [-0.05, 0) is 54.7 Å². The van der Waals surface area contributed by atoms with Gasteiger partial charge in [0, 0.05) is 29.1 Å². The molecule has 0 radical (unpaired) electrons. The first kappa shape index (κ1) is 17.0. The number of carbonyl (C=O) groups is 1. The minimum atomic E-state index is -0.618. The first-order valence-corrected chi connectivity index (χ1v) is 8.51. The molecule has 7 heteroatoms. The van der Waals surface area contributed by atoms with Crippen LogP contribution in [0.5, 0.6) is 0 Å². The Balaban J connectivity index is 1.59. The van der Waals surface area contributed by atoms with Crippen molar-refractivity contribution in [2.75, 3.05) is 0 Å². The second kappa shape index (κ2) is 6.68. The van der Waals surface area contributed by atoms with E-state index in [4.69, 9.17) is 9.15 Å². The van der Waals surface area contributed by atoms with Gasteiger partial charge < -0.3 is 9.15 Å². The number of carbonyl (C=O) groups excluding carboxylic acids is 1. The number of fused-ring (bicyclic) bond motifs is 2. The van der Waals surface area contributed by atoms with Crippen molar-refractivity contribution >= 4 is 22.6 Å². The zero-order valence-electron chi connectivity index (χ0n) is 14.3. The van der Waals surface area contributed by atoms with Crippen LogP contribution in [0.4, 0.5) is 5.69 Å². The van der Waals surface area contributed by atoms with E-state index in [2.05, 4.69) is 0 Å². The van der Waals surface area contributed by atoms with Crippen LogP contribution in [0.25, 0.3) is 11.0 Å². The Hall–Kier alpha value is -3.48. The van der Waals surface area contributed by atoms with Gasteiger partial charge in [-0.25, -0.2) is 9.59 Å². The third-order valence-corrected chi connectivity index (χ3v) is 4.72. The summed E-state index contributed by atoms with van der Waals surface area (Å²) in [4.78, 5) is 34.2. The lowest BCUT2D eigenvalue weighted by Gasteiger charge is -2.09. The average Bonchev–Trinajstić information content (AvgIpc) is 3.11. The lowest BCUT2D eigenvalue weighted by molar-refractivity contribution is -0.384. The maximum Gasteiger partial charge on any atom is 0.338 e. The van der Waals surface area contributed by atoms with Gasteiger partial charge in [-0.1, -0.05) is 0 Å². The molecule has 1 aliphatic carbocycles. The zero-order chi connectivity index (χ0) is 19.0. The predicted octanol–water partition coefficient (Wildman–Crippen LogP) is 3.55. The summed E-state index contributed by atoms with van der Waals surface area (Å²) in [5.74, 6) is -0.618. The predicted molar refractivity (Wildman–Crippen MR) is 96.7 cm³/mol. The SMILES string of the molecule is O=C(OCc1cc(=O)oc2cc3c(cc12)CCC3)c1ccc([N+](=O)[O-])cc1. The van der Waals surface area contributed by atoms with Crippen LogP contribution in [-0.2, 0) is 24.2 Å². The van der Waals surface area contributed by atoms with Crippen LogP contribution in [-0.4, -0.2) is 10.9 Å². The lowest BCUT2D eigenvalue weighted by Crippen LogP contribution is -2.08. The molecule has 1 aromatic heterocycles. The second-order valence-corrected chi connectivity index (χ2v) is 6.44. The summed E-state index contributed by atoms with van der Waals surface area (Å²) in [6.45, 7) is -0.0866. The van der Waals surface area contributed by atoms with E-state index in [1.807, 2.05) is 12.1 Å². The smallest absolute Gasteiger partial charge is 0.338 e. The number of hydrogen-bond acceptors (Lipinski definition) is 6. The normalized spacial score (nSPS) is 12.7. The molecule has 0 atom stereocenters. The summed E-state index contributed by atoms with van der Waals surface area (Å²) >= 11 is 0. The molecule has 0 aliphatic heterocycles. The van der Waals surface area contributed by atoms with Crippen LogP contribution in [0.3, 0.4) is 0 Å². The molecule has 2 aromatic carbocycles. The number of nitro groups is 1. The van der Waals surface area contributed by atoms with Crippen molar-refractivity contribution in [3.05, 3.63) is 85.3 Å². The fourth-order valence-electron chi connectivity index (χ4n) is 3.36.